The van der Waals surface area contributed by atoms with E-state index in [4.69, 9.17) is 0 Å². The van der Waals surface area contributed by atoms with Crippen LogP contribution in [0.1, 0.15) is 49.5 Å². The highest BCUT2D eigenvalue weighted by atomic mass is 16.4. The van der Waals surface area contributed by atoms with E-state index in [1.165, 1.54) is 16.8 Å². The highest BCUT2D eigenvalue weighted by Gasteiger charge is 2.43. The number of carboxylic acid groups (broad SMARTS) is 1. The molecule has 1 amide bonds. The lowest BCUT2D eigenvalue weighted by Gasteiger charge is -2.33. The highest BCUT2D eigenvalue weighted by Crippen LogP contribution is 2.51. The maximum absolute atomic E-state index is 10.8. The minimum Gasteiger partial charge on any atom is -0.530 e. The van der Waals surface area contributed by atoms with Gasteiger partial charge in [0, 0.05) is 24.2 Å². The van der Waals surface area contributed by atoms with Gasteiger partial charge in [0.1, 0.15) is 6.09 Å². The van der Waals surface area contributed by atoms with Crippen molar-refractivity contribution < 1.29 is 9.90 Å². The number of anilines is 1. The normalized spacial score (nSPS) is 19.7. The van der Waals surface area contributed by atoms with Gasteiger partial charge in [0.05, 0.1) is 6.04 Å². The highest BCUT2D eigenvalue weighted by molar-refractivity contribution is 5.65. The molecule has 0 saturated carbocycles. The van der Waals surface area contributed by atoms with Crippen molar-refractivity contribution in [2.75, 3.05) is 11.9 Å². The van der Waals surface area contributed by atoms with E-state index >= 15 is 0 Å². The van der Waals surface area contributed by atoms with Crippen LogP contribution < -0.4 is 15.3 Å². The van der Waals surface area contributed by atoms with E-state index in [1.54, 1.807) is 0 Å². The molecule has 2 aromatic rings. The Labute approximate surface area is 143 Å². The molecule has 2 unspecified atom stereocenters. The zero-order valence-electron chi connectivity index (χ0n) is 14.5. The van der Waals surface area contributed by atoms with E-state index in [9.17, 15) is 9.90 Å². The van der Waals surface area contributed by atoms with Crippen molar-refractivity contribution in [3.05, 3.63) is 65.2 Å². The molecule has 0 radical (unpaired) electrons. The Bertz CT molecular complexity index is 770. The first-order valence-corrected chi connectivity index (χ1v) is 8.22. The van der Waals surface area contributed by atoms with Crippen molar-refractivity contribution >= 4 is 11.8 Å². The second-order valence-corrected chi connectivity index (χ2v) is 7.08. The number of benzene rings is 2. The van der Waals surface area contributed by atoms with Crippen LogP contribution in [-0.4, -0.2) is 13.1 Å². The lowest BCUT2D eigenvalue weighted by Crippen LogP contribution is -2.38. The van der Waals surface area contributed by atoms with Gasteiger partial charge in [-0.25, -0.2) is 0 Å². The second kappa shape index (κ2) is 5.86. The van der Waals surface area contributed by atoms with Crippen LogP contribution in [0.15, 0.2) is 48.5 Å². The van der Waals surface area contributed by atoms with Crippen molar-refractivity contribution in [1.29, 1.82) is 0 Å². The van der Waals surface area contributed by atoms with Gasteiger partial charge in [-0.15, -0.1) is 0 Å². The summed E-state index contributed by atoms with van der Waals surface area (Å²) in [5.74, 6) is 0. The Hall–Kier alpha value is -2.49. The Morgan fingerprint density at radius 2 is 1.92 bits per heavy atom. The van der Waals surface area contributed by atoms with Crippen LogP contribution in [0.25, 0.3) is 0 Å². The van der Waals surface area contributed by atoms with Gasteiger partial charge in [-0.2, -0.15) is 0 Å². The lowest BCUT2D eigenvalue weighted by atomic mass is 9.77. The number of hydrogen-bond acceptors (Lipinski definition) is 3. The van der Waals surface area contributed by atoms with Crippen molar-refractivity contribution in [3.8, 4) is 0 Å². The number of likely N-dealkylation sites (N-methyl/N-ethyl adjacent to an activating group) is 1. The first kappa shape index (κ1) is 16.4. The average molecular weight is 323 g/mol. The van der Waals surface area contributed by atoms with Gasteiger partial charge in [-0.3, -0.25) is 0 Å². The Kier molecular flexibility index (Phi) is 3.99. The third kappa shape index (κ3) is 2.62. The molecule has 2 atom stereocenters. The maximum atomic E-state index is 10.8. The van der Waals surface area contributed by atoms with Crippen LogP contribution in [0, 0.1) is 0 Å². The third-order valence-electron chi connectivity index (χ3n) is 5.11. The number of nitrogens with one attached hydrogen (secondary N) is 1. The van der Waals surface area contributed by atoms with Crippen molar-refractivity contribution in [2.45, 2.75) is 38.3 Å². The van der Waals surface area contributed by atoms with Gasteiger partial charge in [0.2, 0.25) is 0 Å². The summed E-state index contributed by atoms with van der Waals surface area (Å²) in [6.45, 7) is 6.35. The molecule has 0 bridgehead atoms. The molecule has 2 aromatic carbocycles. The predicted molar refractivity (Wildman–Crippen MR) is 94.0 cm³/mol. The van der Waals surface area contributed by atoms with Crippen LogP contribution in [0.5, 0.6) is 0 Å². The molecule has 3 rings (SSSR count). The second-order valence-electron chi connectivity index (χ2n) is 7.08. The van der Waals surface area contributed by atoms with E-state index < -0.39 is 6.09 Å². The summed E-state index contributed by atoms with van der Waals surface area (Å²) in [6, 6.07) is 16.5. The van der Waals surface area contributed by atoms with Crippen LogP contribution in [0.4, 0.5) is 10.5 Å². The molecule has 4 heteroatoms. The first-order valence-electron chi connectivity index (χ1n) is 8.22. The fraction of sp³-hybridized carbons (Fsp3) is 0.350. The monoisotopic (exact) mass is 323 g/mol. The topological polar surface area (TPSA) is 55.4 Å². The van der Waals surface area contributed by atoms with Crippen LogP contribution in [0.3, 0.4) is 0 Å². The molecule has 1 aliphatic heterocycles. The molecule has 0 aromatic heterocycles. The smallest absolute Gasteiger partial charge is 0.134 e. The van der Waals surface area contributed by atoms with E-state index in [1.807, 2.05) is 19.1 Å². The molecule has 1 aliphatic rings. The summed E-state index contributed by atoms with van der Waals surface area (Å²) in [4.78, 5) is 13.1. The molecule has 1 N–H and O–H groups in total. The summed E-state index contributed by atoms with van der Waals surface area (Å²) in [6.07, 6.45) is -1.25. The van der Waals surface area contributed by atoms with Gasteiger partial charge >= 0.3 is 0 Å². The number of rotatable bonds is 3. The Morgan fingerprint density at radius 1 is 1.21 bits per heavy atom. The predicted octanol–water partition coefficient (Wildman–Crippen LogP) is 3.15. The van der Waals surface area contributed by atoms with Crippen LogP contribution in [0.2, 0.25) is 0 Å². The van der Waals surface area contributed by atoms with E-state index in [-0.39, 0.29) is 17.5 Å². The largest absolute Gasteiger partial charge is 0.530 e. The van der Waals surface area contributed by atoms with Crippen molar-refractivity contribution in [3.63, 3.8) is 0 Å². The molecule has 0 spiro atoms. The molecule has 4 nitrogen and oxygen atoms in total. The summed E-state index contributed by atoms with van der Waals surface area (Å²) < 4.78 is 0. The van der Waals surface area contributed by atoms with Gasteiger partial charge in [-0.05, 0) is 29.7 Å². The summed E-state index contributed by atoms with van der Waals surface area (Å²) in [7, 11) is 2.12. The number of amides is 1. The van der Waals surface area contributed by atoms with Crippen molar-refractivity contribution in [1.82, 2.24) is 5.32 Å². The number of carbonyl (C=O) groups excluding carboxylic acids is 1. The third-order valence-corrected chi connectivity index (χ3v) is 5.11. The average Bonchev–Trinajstić information content (AvgIpc) is 2.74. The number of hydrogen-bond donors (Lipinski definition) is 1. The van der Waals surface area contributed by atoms with Crippen LogP contribution >= 0.6 is 0 Å². The minimum atomic E-state index is -1.25. The Balaban J connectivity index is 2.00. The molecule has 1 heterocycles. The number of carbonyl (C=O) groups is 1. The zero-order chi connectivity index (χ0) is 17.5. The van der Waals surface area contributed by atoms with E-state index in [0.717, 1.165) is 5.56 Å². The zero-order valence-corrected chi connectivity index (χ0v) is 14.5. The van der Waals surface area contributed by atoms with Gasteiger partial charge in [0.25, 0.3) is 0 Å². The number of fused-ring (bicyclic) bond motifs is 1. The standard InChI is InChI=1S/C20H24N2O2/c1-13(21-19(23)24)14-8-7-9-15(12-14)18-20(2,3)16-10-5-6-11-17(16)22(18)4/h5-13,18,21H,1-4H3,(H,23,24)/p-1. The number of para-hydroxylation sites is 1. The molecule has 0 aliphatic carbocycles. The fourth-order valence-electron chi connectivity index (χ4n) is 4.00. The molecular weight excluding hydrogens is 300 g/mol. The molecule has 24 heavy (non-hydrogen) atoms. The van der Waals surface area contributed by atoms with Crippen molar-refractivity contribution in [2.24, 2.45) is 0 Å². The molecule has 0 saturated heterocycles. The SMILES string of the molecule is CC(NC(=O)[O-])c1cccc(C2N(C)c3ccccc3C2(C)C)c1. The summed E-state index contributed by atoms with van der Waals surface area (Å²) >= 11 is 0. The molecule has 126 valence electrons. The molecular formula is C20H23N2O2-. The fourth-order valence-corrected chi connectivity index (χ4v) is 4.00. The minimum absolute atomic E-state index is 0.0328. The quantitative estimate of drug-likeness (QED) is 0.944. The van der Waals surface area contributed by atoms with Gasteiger partial charge < -0.3 is 20.1 Å². The Morgan fingerprint density at radius 3 is 2.58 bits per heavy atom. The number of nitrogens with zero attached hydrogens (tertiary/aromatic N) is 1. The van der Waals surface area contributed by atoms with Crippen LogP contribution in [-0.2, 0) is 5.41 Å². The van der Waals surface area contributed by atoms with E-state index in [0.29, 0.717) is 0 Å². The molecule has 0 fully saturated rings. The summed E-state index contributed by atoms with van der Waals surface area (Å²) in [5, 5.41) is 13.2. The lowest BCUT2D eigenvalue weighted by molar-refractivity contribution is -0.251. The van der Waals surface area contributed by atoms with Gasteiger partial charge in [-0.1, -0.05) is 56.3 Å². The maximum Gasteiger partial charge on any atom is 0.134 e. The first-order chi connectivity index (χ1) is 11.3. The van der Waals surface area contributed by atoms with E-state index in [2.05, 4.69) is 67.5 Å². The summed E-state index contributed by atoms with van der Waals surface area (Å²) in [5.41, 5.74) is 4.68. The van der Waals surface area contributed by atoms with Gasteiger partial charge in [0.15, 0.2) is 0 Å².